The summed E-state index contributed by atoms with van der Waals surface area (Å²) >= 11 is 0. The number of nitrogens with zero attached hydrogens (tertiary/aromatic N) is 3. The van der Waals surface area contributed by atoms with E-state index in [1.165, 1.54) is 12.8 Å². The van der Waals surface area contributed by atoms with Crippen LogP contribution in [0.4, 0.5) is 0 Å². The van der Waals surface area contributed by atoms with Crippen molar-refractivity contribution >= 4 is 22.3 Å². The summed E-state index contributed by atoms with van der Waals surface area (Å²) in [6, 6.07) is 4.19. The van der Waals surface area contributed by atoms with Crippen molar-refractivity contribution < 1.29 is 4.52 Å². The number of nitrogens with one attached hydrogen (secondary N) is 1. The Hall–Kier alpha value is -2.89. The second kappa shape index (κ2) is 6.08. The number of aromatic nitrogens is 3. The fourth-order valence-corrected chi connectivity index (χ4v) is 4.02. The zero-order valence-corrected chi connectivity index (χ0v) is 16.5. The first-order valence-corrected chi connectivity index (χ1v) is 9.25. The highest BCUT2D eigenvalue weighted by atomic mass is 16.5. The van der Waals surface area contributed by atoms with E-state index < -0.39 is 0 Å². The Labute approximate surface area is 158 Å². The second-order valence-corrected chi connectivity index (χ2v) is 7.58. The molecule has 0 unspecified atom stereocenters. The summed E-state index contributed by atoms with van der Waals surface area (Å²) in [6.07, 6.45) is 2.37. The number of rotatable bonds is 4. The Morgan fingerprint density at radius 2 is 1.96 bits per heavy atom. The predicted molar refractivity (Wildman–Crippen MR) is 108 cm³/mol. The summed E-state index contributed by atoms with van der Waals surface area (Å²) in [7, 11) is 2.06. The molecule has 3 N–H and O–H groups in total. The van der Waals surface area contributed by atoms with E-state index in [9.17, 15) is 0 Å². The molecule has 1 aliphatic rings. The number of aryl methyl sites for hydroxylation is 3. The van der Waals surface area contributed by atoms with Crippen LogP contribution in [0.15, 0.2) is 22.4 Å². The largest absolute Gasteiger partial charge is 0.402 e. The Morgan fingerprint density at radius 3 is 2.48 bits per heavy atom. The zero-order valence-electron chi connectivity index (χ0n) is 16.5. The molecule has 1 saturated carbocycles. The lowest BCUT2D eigenvalue weighted by atomic mass is 9.93. The number of fused-ring (bicyclic) bond motifs is 1. The third-order valence-electron chi connectivity index (χ3n) is 5.31. The zero-order chi connectivity index (χ0) is 19.5. The third kappa shape index (κ3) is 2.76. The van der Waals surface area contributed by atoms with E-state index in [0.717, 1.165) is 50.6 Å². The van der Waals surface area contributed by atoms with E-state index in [4.69, 9.17) is 20.7 Å². The van der Waals surface area contributed by atoms with Gasteiger partial charge in [0.05, 0.1) is 16.7 Å². The summed E-state index contributed by atoms with van der Waals surface area (Å²) < 4.78 is 7.55. The summed E-state index contributed by atoms with van der Waals surface area (Å²) in [4.78, 5) is 4.94. The maximum Gasteiger partial charge on any atom is 0.141 e. The molecule has 4 rings (SSSR count). The van der Waals surface area contributed by atoms with Gasteiger partial charge in [0.2, 0.25) is 0 Å². The highest BCUT2D eigenvalue weighted by molar-refractivity contribution is 6.24. The number of benzene rings is 1. The minimum atomic E-state index is 0.446. The first-order valence-electron chi connectivity index (χ1n) is 9.25. The van der Waals surface area contributed by atoms with E-state index in [-0.39, 0.29) is 0 Å². The number of hydrogen-bond acceptors (Lipinski definition) is 5. The molecule has 2 heterocycles. The molecule has 0 saturated heterocycles. The van der Waals surface area contributed by atoms with Crippen molar-refractivity contribution in [3.63, 3.8) is 0 Å². The Morgan fingerprint density at radius 1 is 1.26 bits per heavy atom. The molecule has 6 heteroatoms. The van der Waals surface area contributed by atoms with Gasteiger partial charge in [-0.25, -0.2) is 4.98 Å². The molecule has 0 bridgehead atoms. The maximum atomic E-state index is 8.30. The van der Waals surface area contributed by atoms with E-state index in [2.05, 4.69) is 28.9 Å². The molecular formula is C21H25N5O. The van der Waals surface area contributed by atoms with Crippen LogP contribution in [0.1, 0.15) is 55.4 Å². The van der Waals surface area contributed by atoms with Gasteiger partial charge >= 0.3 is 0 Å². The number of allylic oxidation sites excluding steroid dienone is 2. The van der Waals surface area contributed by atoms with Gasteiger partial charge < -0.3 is 20.2 Å². The number of imidazole rings is 1. The van der Waals surface area contributed by atoms with Crippen LogP contribution in [-0.2, 0) is 7.05 Å². The van der Waals surface area contributed by atoms with Gasteiger partial charge in [-0.1, -0.05) is 5.16 Å². The number of hydrogen-bond donors (Lipinski definition) is 2. The third-order valence-corrected chi connectivity index (χ3v) is 5.31. The summed E-state index contributed by atoms with van der Waals surface area (Å²) in [5.74, 6) is 2.42. The van der Waals surface area contributed by atoms with Gasteiger partial charge in [0.25, 0.3) is 0 Å². The summed E-state index contributed by atoms with van der Waals surface area (Å²) in [5.41, 5.74) is 13.7. The molecule has 6 nitrogen and oxygen atoms in total. The maximum absolute atomic E-state index is 8.30. The molecule has 0 amide bonds. The van der Waals surface area contributed by atoms with Crippen LogP contribution >= 0.6 is 0 Å². The highest BCUT2D eigenvalue weighted by Gasteiger charge is 2.30. The van der Waals surface area contributed by atoms with Gasteiger partial charge in [-0.2, -0.15) is 0 Å². The van der Waals surface area contributed by atoms with Crippen LogP contribution in [0, 0.1) is 19.3 Å². The lowest BCUT2D eigenvalue weighted by molar-refractivity contribution is 0.393. The van der Waals surface area contributed by atoms with Crippen LogP contribution in [0.3, 0.4) is 0 Å². The van der Waals surface area contributed by atoms with E-state index in [1.807, 2.05) is 20.8 Å². The molecule has 1 aliphatic carbocycles. The van der Waals surface area contributed by atoms with Crippen LogP contribution < -0.4 is 5.73 Å². The molecule has 3 aromatic rings. The molecule has 1 aromatic carbocycles. The van der Waals surface area contributed by atoms with Gasteiger partial charge in [-0.3, -0.25) is 0 Å². The Balaban J connectivity index is 2.09. The minimum absolute atomic E-state index is 0.446. The molecule has 0 atom stereocenters. The fraction of sp³-hybridized carbons (Fsp3) is 0.381. The van der Waals surface area contributed by atoms with Crippen LogP contribution in [0.2, 0.25) is 0 Å². The summed E-state index contributed by atoms with van der Waals surface area (Å²) in [6.45, 7) is 7.48. The van der Waals surface area contributed by atoms with E-state index in [0.29, 0.717) is 17.3 Å². The lowest BCUT2D eigenvalue weighted by Crippen LogP contribution is -2.07. The molecular weight excluding hydrogens is 338 g/mol. The van der Waals surface area contributed by atoms with Crippen molar-refractivity contribution in [1.29, 1.82) is 5.41 Å². The standard InChI is InChI=1S/C21H25N5O/c1-10(22)18(11(2)23)16-8-15(19-12(3)25-27-13(19)4)9-17-20(16)26(5)21(24-17)14-6-7-14/h8-9,14,22H,6-7,23H2,1-5H3. The first-order chi connectivity index (χ1) is 12.8. The smallest absolute Gasteiger partial charge is 0.141 e. The van der Waals surface area contributed by atoms with E-state index >= 15 is 0 Å². The van der Waals surface area contributed by atoms with Crippen molar-refractivity contribution in [2.45, 2.75) is 46.5 Å². The Bertz CT molecular complexity index is 1090. The predicted octanol–water partition coefficient (Wildman–Crippen LogP) is 4.45. The molecule has 0 radical (unpaired) electrons. The van der Waals surface area contributed by atoms with Gasteiger partial charge in [-0.15, -0.1) is 0 Å². The van der Waals surface area contributed by atoms with Gasteiger partial charge in [-0.05, 0) is 58.2 Å². The van der Waals surface area contributed by atoms with Crippen molar-refractivity contribution in [1.82, 2.24) is 14.7 Å². The topological polar surface area (TPSA) is 93.7 Å². The van der Waals surface area contributed by atoms with Crippen molar-refractivity contribution in [3.8, 4) is 11.1 Å². The lowest BCUT2D eigenvalue weighted by Gasteiger charge is -2.14. The number of nitrogens with two attached hydrogens (primary N) is 1. The average molecular weight is 363 g/mol. The van der Waals surface area contributed by atoms with Crippen molar-refractivity contribution in [3.05, 3.63) is 40.7 Å². The van der Waals surface area contributed by atoms with Crippen molar-refractivity contribution in [2.75, 3.05) is 0 Å². The van der Waals surface area contributed by atoms with Crippen molar-refractivity contribution in [2.24, 2.45) is 12.8 Å². The van der Waals surface area contributed by atoms with Crippen LogP contribution in [-0.4, -0.2) is 20.4 Å². The fourth-order valence-electron chi connectivity index (χ4n) is 4.02. The molecule has 2 aromatic heterocycles. The molecule has 1 fully saturated rings. The summed E-state index contributed by atoms with van der Waals surface area (Å²) in [5, 5.41) is 12.4. The molecule has 27 heavy (non-hydrogen) atoms. The monoisotopic (exact) mass is 363 g/mol. The SMILES string of the molecule is CC(=N)C(=C(C)N)c1cc(-c2c(C)noc2C)cc2nc(C3CC3)n(C)c12. The van der Waals surface area contributed by atoms with Crippen LogP contribution in [0.5, 0.6) is 0 Å². The molecule has 0 aliphatic heterocycles. The van der Waals surface area contributed by atoms with Gasteiger partial charge in [0.15, 0.2) is 0 Å². The minimum Gasteiger partial charge on any atom is -0.402 e. The second-order valence-electron chi connectivity index (χ2n) is 7.58. The quantitative estimate of drug-likeness (QED) is 0.670. The normalized spacial score (nSPS) is 15.3. The molecule has 0 spiro atoms. The highest BCUT2D eigenvalue weighted by Crippen LogP contribution is 2.42. The van der Waals surface area contributed by atoms with Gasteiger partial charge in [0, 0.05) is 41.1 Å². The average Bonchev–Trinajstić information content (AvgIpc) is 3.29. The van der Waals surface area contributed by atoms with Crippen LogP contribution in [0.25, 0.3) is 27.7 Å². The first kappa shape index (κ1) is 17.5. The van der Waals surface area contributed by atoms with Gasteiger partial charge in [0.1, 0.15) is 11.6 Å². The van der Waals surface area contributed by atoms with E-state index in [1.54, 1.807) is 6.92 Å². The Kier molecular flexibility index (Phi) is 3.94. The molecule has 140 valence electrons.